The van der Waals surface area contributed by atoms with Crippen molar-refractivity contribution in [1.82, 2.24) is 14.6 Å². The minimum Gasteiger partial charge on any atom is -0.489 e. The van der Waals surface area contributed by atoms with E-state index in [9.17, 15) is 18.0 Å². The summed E-state index contributed by atoms with van der Waals surface area (Å²) in [6, 6.07) is 18.8. The van der Waals surface area contributed by atoms with Gasteiger partial charge < -0.3 is 10.1 Å². The number of hydrogen-bond donors (Lipinski definition) is 1. The Morgan fingerprint density at radius 1 is 1.00 bits per heavy atom. The van der Waals surface area contributed by atoms with E-state index in [0.717, 1.165) is 29.6 Å². The number of alkyl halides is 3. The number of fused-ring (bicyclic) bond motifs is 1. The second kappa shape index (κ2) is 9.31. The molecule has 0 saturated carbocycles. The second-order valence-corrected chi connectivity index (χ2v) is 7.70. The van der Waals surface area contributed by atoms with Crippen molar-refractivity contribution in [2.75, 3.05) is 11.1 Å². The van der Waals surface area contributed by atoms with Gasteiger partial charge in [-0.05, 0) is 42.0 Å². The van der Waals surface area contributed by atoms with Crippen LogP contribution < -0.4 is 10.1 Å². The lowest BCUT2D eigenvalue weighted by atomic mass is 10.2. The maximum Gasteiger partial charge on any atom is 0.417 e. The summed E-state index contributed by atoms with van der Waals surface area (Å²) in [5, 5.41) is 10.6. The summed E-state index contributed by atoms with van der Waals surface area (Å²) >= 11 is 0.997. The molecule has 0 aliphatic heterocycles. The molecule has 2 aromatic carbocycles. The number of nitrogens with zero attached hydrogens (tertiary/aromatic N) is 3. The molecule has 4 rings (SSSR count). The molecule has 0 unspecified atom stereocenters. The third-order valence-corrected chi connectivity index (χ3v) is 5.36. The van der Waals surface area contributed by atoms with Crippen LogP contribution in [0.25, 0.3) is 5.65 Å². The molecular formula is C22H17F3N4O2S. The molecular weight excluding hydrogens is 441 g/mol. The predicted octanol–water partition coefficient (Wildman–Crippen LogP) is 5.06. The molecule has 32 heavy (non-hydrogen) atoms. The van der Waals surface area contributed by atoms with Crippen LogP contribution in [-0.2, 0) is 17.6 Å². The minimum atomic E-state index is -4.48. The van der Waals surface area contributed by atoms with Crippen molar-refractivity contribution in [3.63, 3.8) is 0 Å². The van der Waals surface area contributed by atoms with Gasteiger partial charge in [0.25, 0.3) is 0 Å². The van der Waals surface area contributed by atoms with Crippen LogP contribution in [0.1, 0.15) is 11.1 Å². The van der Waals surface area contributed by atoms with Gasteiger partial charge in [-0.2, -0.15) is 13.2 Å². The molecule has 10 heteroatoms. The van der Waals surface area contributed by atoms with Gasteiger partial charge in [0.05, 0.1) is 11.3 Å². The number of anilines is 1. The molecule has 0 saturated heterocycles. The molecule has 6 nitrogen and oxygen atoms in total. The maximum atomic E-state index is 12.9. The third-order valence-electron chi connectivity index (χ3n) is 4.42. The van der Waals surface area contributed by atoms with Crippen LogP contribution >= 0.6 is 11.8 Å². The van der Waals surface area contributed by atoms with E-state index in [2.05, 4.69) is 15.5 Å². The highest BCUT2D eigenvalue weighted by Crippen LogP contribution is 2.30. The van der Waals surface area contributed by atoms with Crippen molar-refractivity contribution >= 4 is 29.0 Å². The Bertz CT molecular complexity index is 1210. The average Bonchev–Trinajstić information content (AvgIpc) is 3.20. The number of nitrogens with one attached hydrogen (secondary N) is 1. The van der Waals surface area contributed by atoms with E-state index in [-0.39, 0.29) is 22.5 Å². The van der Waals surface area contributed by atoms with Gasteiger partial charge in [0.2, 0.25) is 5.91 Å². The molecule has 1 amide bonds. The molecule has 0 aliphatic carbocycles. The molecule has 0 atom stereocenters. The number of carbonyl (C=O) groups is 1. The summed E-state index contributed by atoms with van der Waals surface area (Å²) in [6.07, 6.45) is -3.56. The van der Waals surface area contributed by atoms with Crippen molar-refractivity contribution in [2.24, 2.45) is 0 Å². The number of amides is 1. The third kappa shape index (κ3) is 5.38. The monoisotopic (exact) mass is 458 g/mol. The van der Waals surface area contributed by atoms with Crippen LogP contribution in [0.2, 0.25) is 0 Å². The quantitative estimate of drug-likeness (QED) is 0.392. The molecule has 2 heterocycles. The molecule has 0 aliphatic rings. The lowest BCUT2D eigenvalue weighted by Gasteiger charge is -2.09. The summed E-state index contributed by atoms with van der Waals surface area (Å²) in [6.45, 7) is 0.436. The molecule has 164 valence electrons. The highest BCUT2D eigenvalue weighted by atomic mass is 32.2. The number of pyridine rings is 1. The van der Waals surface area contributed by atoms with E-state index >= 15 is 0 Å². The van der Waals surface area contributed by atoms with Crippen LogP contribution in [0.5, 0.6) is 5.75 Å². The topological polar surface area (TPSA) is 68.5 Å². The number of ether oxygens (including phenoxy) is 1. The average molecular weight is 458 g/mol. The Balaban J connectivity index is 1.32. The van der Waals surface area contributed by atoms with Gasteiger partial charge in [-0.25, -0.2) is 0 Å². The zero-order valence-electron chi connectivity index (χ0n) is 16.5. The van der Waals surface area contributed by atoms with Gasteiger partial charge in [-0.1, -0.05) is 42.1 Å². The first-order chi connectivity index (χ1) is 15.4. The fourth-order valence-electron chi connectivity index (χ4n) is 2.84. The molecule has 0 fully saturated rings. The number of rotatable bonds is 7. The summed E-state index contributed by atoms with van der Waals surface area (Å²) in [5.74, 6) is 0.303. The molecule has 0 spiro atoms. The first-order valence-corrected chi connectivity index (χ1v) is 10.5. The summed E-state index contributed by atoms with van der Waals surface area (Å²) in [4.78, 5) is 12.3. The van der Waals surface area contributed by atoms with E-state index in [1.165, 1.54) is 10.5 Å². The number of thioether (sulfide) groups is 1. The maximum absolute atomic E-state index is 12.9. The summed E-state index contributed by atoms with van der Waals surface area (Å²) < 4.78 is 45.7. The van der Waals surface area contributed by atoms with Gasteiger partial charge in [0.1, 0.15) is 12.4 Å². The van der Waals surface area contributed by atoms with E-state index < -0.39 is 11.7 Å². The largest absolute Gasteiger partial charge is 0.489 e. The van der Waals surface area contributed by atoms with Crippen LogP contribution in [0.4, 0.5) is 18.9 Å². The van der Waals surface area contributed by atoms with Gasteiger partial charge in [0, 0.05) is 11.9 Å². The number of benzene rings is 2. The van der Waals surface area contributed by atoms with Crippen molar-refractivity contribution in [2.45, 2.75) is 17.9 Å². The molecule has 0 radical (unpaired) electrons. The Hall–Kier alpha value is -3.53. The van der Waals surface area contributed by atoms with E-state index in [4.69, 9.17) is 4.74 Å². The smallest absolute Gasteiger partial charge is 0.417 e. The molecule has 2 aromatic heterocycles. The van der Waals surface area contributed by atoms with Crippen LogP contribution in [0.15, 0.2) is 78.1 Å². The van der Waals surface area contributed by atoms with E-state index in [0.29, 0.717) is 18.0 Å². The van der Waals surface area contributed by atoms with Gasteiger partial charge in [-0.3, -0.25) is 9.20 Å². The summed E-state index contributed by atoms with van der Waals surface area (Å²) in [5.41, 5.74) is 1.08. The highest BCUT2D eigenvalue weighted by molar-refractivity contribution is 7.99. The molecule has 1 N–H and O–H groups in total. The highest BCUT2D eigenvalue weighted by Gasteiger charge is 2.31. The zero-order valence-corrected chi connectivity index (χ0v) is 17.4. The van der Waals surface area contributed by atoms with E-state index in [1.54, 1.807) is 24.3 Å². The van der Waals surface area contributed by atoms with Crippen LogP contribution in [0.3, 0.4) is 0 Å². The predicted molar refractivity (Wildman–Crippen MR) is 115 cm³/mol. The van der Waals surface area contributed by atoms with Crippen LogP contribution in [0, 0.1) is 0 Å². The lowest BCUT2D eigenvalue weighted by Crippen LogP contribution is -2.14. The Morgan fingerprint density at radius 2 is 1.75 bits per heavy atom. The lowest BCUT2D eigenvalue weighted by molar-refractivity contribution is -0.137. The van der Waals surface area contributed by atoms with Crippen LogP contribution in [-0.4, -0.2) is 26.3 Å². The zero-order chi connectivity index (χ0) is 22.6. The number of aromatic nitrogens is 3. The van der Waals surface area contributed by atoms with E-state index in [1.807, 2.05) is 30.3 Å². The molecule has 0 bridgehead atoms. The fourth-order valence-corrected chi connectivity index (χ4v) is 3.55. The fraction of sp³-hybridized carbons (Fsp3) is 0.136. The number of hydrogen-bond acceptors (Lipinski definition) is 5. The number of carbonyl (C=O) groups excluding carboxylic acids is 1. The Kier molecular flexibility index (Phi) is 6.31. The van der Waals surface area contributed by atoms with Gasteiger partial charge in [0.15, 0.2) is 10.8 Å². The number of halogens is 3. The van der Waals surface area contributed by atoms with Crippen molar-refractivity contribution in [3.8, 4) is 5.75 Å². The standard InChI is InChI=1S/C22H17F3N4O2S/c23-22(24,25)16-6-11-19-27-28-21(29(19)12-16)32-14-20(30)26-17-7-9-18(10-8-17)31-13-15-4-2-1-3-5-15/h1-12H,13-14H2,(H,26,30). The first-order valence-electron chi connectivity index (χ1n) is 9.50. The molecule has 4 aromatic rings. The van der Waals surface area contributed by atoms with Gasteiger partial charge in [-0.15, -0.1) is 10.2 Å². The van der Waals surface area contributed by atoms with Crippen molar-refractivity contribution in [3.05, 3.63) is 84.1 Å². The summed E-state index contributed by atoms with van der Waals surface area (Å²) in [7, 11) is 0. The minimum absolute atomic E-state index is 0.0384. The Morgan fingerprint density at radius 3 is 2.47 bits per heavy atom. The SMILES string of the molecule is O=C(CSc1nnc2ccc(C(F)(F)F)cn12)Nc1ccc(OCc2ccccc2)cc1. The second-order valence-electron chi connectivity index (χ2n) is 6.76. The first kappa shape index (κ1) is 21.7. The van der Waals surface area contributed by atoms with Gasteiger partial charge >= 0.3 is 6.18 Å². The normalized spacial score (nSPS) is 11.5. The van der Waals surface area contributed by atoms with Crippen molar-refractivity contribution < 1.29 is 22.7 Å². The van der Waals surface area contributed by atoms with Crippen molar-refractivity contribution in [1.29, 1.82) is 0 Å². The Labute approximate surface area is 185 Å².